The van der Waals surface area contributed by atoms with Crippen molar-refractivity contribution < 1.29 is 19.0 Å². The molecule has 0 fully saturated rings. The standard InChI is InChI=1S/C19H20N2O4/c1-13(14-6-7-17-18(10-14)25-12-24-17)20-19(22)11-21-8-9-23-16-5-3-2-4-15(16)21/h2-7,10,13H,8-9,11-12H2,1H3,(H,20,22)/t13-/m0/s1. The number of hydrogen-bond acceptors (Lipinski definition) is 5. The van der Waals surface area contributed by atoms with Gasteiger partial charge in [-0.2, -0.15) is 0 Å². The number of amides is 1. The van der Waals surface area contributed by atoms with E-state index in [1.54, 1.807) is 0 Å². The number of hydrogen-bond donors (Lipinski definition) is 1. The fourth-order valence-corrected chi connectivity index (χ4v) is 3.12. The zero-order chi connectivity index (χ0) is 17.2. The van der Waals surface area contributed by atoms with Gasteiger partial charge in [0.25, 0.3) is 0 Å². The molecule has 1 N–H and O–H groups in total. The molecule has 0 saturated heterocycles. The summed E-state index contributed by atoms with van der Waals surface area (Å²) < 4.78 is 16.3. The van der Waals surface area contributed by atoms with E-state index in [9.17, 15) is 4.79 Å². The molecule has 4 rings (SSSR count). The highest BCUT2D eigenvalue weighted by Gasteiger charge is 2.21. The molecule has 0 unspecified atom stereocenters. The van der Waals surface area contributed by atoms with Gasteiger partial charge in [-0.15, -0.1) is 0 Å². The minimum atomic E-state index is -0.113. The van der Waals surface area contributed by atoms with Gasteiger partial charge in [-0.25, -0.2) is 0 Å². The van der Waals surface area contributed by atoms with E-state index in [1.165, 1.54) is 0 Å². The Morgan fingerprint density at radius 2 is 1.96 bits per heavy atom. The van der Waals surface area contributed by atoms with Gasteiger partial charge in [0.05, 0.1) is 24.8 Å². The number of fused-ring (bicyclic) bond motifs is 2. The van der Waals surface area contributed by atoms with Crippen molar-refractivity contribution in [3.63, 3.8) is 0 Å². The van der Waals surface area contributed by atoms with Crippen LogP contribution in [0.1, 0.15) is 18.5 Å². The molecule has 1 amide bonds. The Hall–Kier alpha value is -2.89. The molecule has 0 radical (unpaired) electrons. The first kappa shape index (κ1) is 15.6. The molecule has 0 spiro atoms. The summed E-state index contributed by atoms with van der Waals surface area (Å²) in [5.41, 5.74) is 1.94. The van der Waals surface area contributed by atoms with Crippen molar-refractivity contribution in [3.05, 3.63) is 48.0 Å². The second-order valence-corrected chi connectivity index (χ2v) is 6.14. The van der Waals surface area contributed by atoms with Crippen molar-refractivity contribution in [2.24, 2.45) is 0 Å². The summed E-state index contributed by atoms with van der Waals surface area (Å²) in [5, 5.41) is 3.05. The number of para-hydroxylation sites is 2. The maximum atomic E-state index is 12.5. The Morgan fingerprint density at radius 3 is 2.88 bits per heavy atom. The van der Waals surface area contributed by atoms with Gasteiger partial charge in [-0.3, -0.25) is 4.79 Å². The van der Waals surface area contributed by atoms with E-state index < -0.39 is 0 Å². The Morgan fingerprint density at radius 1 is 1.12 bits per heavy atom. The molecular formula is C19H20N2O4. The molecule has 2 aromatic rings. The van der Waals surface area contributed by atoms with Crippen molar-refractivity contribution in [1.29, 1.82) is 0 Å². The molecule has 0 saturated carbocycles. The minimum absolute atomic E-state index is 0.0260. The van der Waals surface area contributed by atoms with Crippen LogP contribution in [0.2, 0.25) is 0 Å². The average molecular weight is 340 g/mol. The third kappa shape index (κ3) is 3.20. The highest BCUT2D eigenvalue weighted by molar-refractivity contribution is 5.82. The summed E-state index contributed by atoms with van der Waals surface area (Å²) in [4.78, 5) is 14.5. The molecule has 2 aromatic carbocycles. The SMILES string of the molecule is C[C@H](NC(=O)CN1CCOc2ccccc21)c1ccc2c(c1)OCO2. The van der Waals surface area contributed by atoms with Crippen LogP contribution in [0.5, 0.6) is 17.2 Å². The first-order valence-electron chi connectivity index (χ1n) is 8.36. The Kier molecular flexibility index (Phi) is 4.09. The van der Waals surface area contributed by atoms with E-state index in [2.05, 4.69) is 5.32 Å². The summed E-state index contributed by atoms with van der Waals surface area (Å²) in [6, 6.07) is 13.4. The molecule has 0 aliphatic carbocycles. The van der Waals surface area contributed by atoms with Crippen LogP contribution in [0.3, 0.4) is 0 Å². The molecule has 2 heterocycles. The largest absolute Gasteiger partial charge is 0.490 e. The second-order valence-electron chi connectivity index (χ2n) is 6.14. The van der Waals surface area contributed by atoms with Gasteiger partial charge in [0.1, 0.15) is 12.4 Å². The lowest BCUT2D eigenvalue weighted by Gasteiger charge is -2.31. The Balaban J connectivity index is 1.41. The summed E-state index contributed by atoms with van der Waals surface area (Å²) in [7, 11) is 0. The lowest BCUT2D eigenvalue weighted by molar-refractivity contribution is -0.120. The molecule has 25 heavy (non-hydrogen) atoms. The van der Waals surface area contributed by atoms with Gasteiger partial charge in [0.15, 0.2) is 11.5 Å². The van der Waals surface area contributed by atoms with Crippen molar-refractivity contribution in [1.82, 2.24) is 5.32 Å². The van der Waals surface area contributed by atoms with E-state index >= 15 is 0 Å². The predicted octanol–water partition coefficient (Wildman–Crippen LogP) is 2.49. The summed E-state index contributed by atoms with van der Waals surface area (Å²) in [5.74, 6) is 2.26. The Labute approximate surface area is 146 Å². The zero-order valence-electron chi connectivity index (χ0n) is 14.0. The van der Waals surface area contributed by atoms with Crippen LogP contribution in [0.15, 0.2) is 42.5 Å². The molecule has 1 atom stereocenters. The van der Waals surface area contributed by atoms with E-state index in [0.717, 1.165) is 28.5 Å². The molecule has 6 nitrogen and oxygen atoms in total. The summed E-state index contributed by atoms with van der Waals surface area (Å²) in [6.07, 6.45) is 0. The van der Waals surface area contributed by atoms with Crippen LogP contribution in [-0.4, -0.2) is 32.4 Å². The van der Waals surface area contributed by atoms with Crippen LogP contribution in [0, 0.1) is 0 Å². The first-order valence-corrected chi connectivity index (χ1v) is 8.36. The Bertz CT molecular complexity index is 793. The van der Waals surface area contributed by atoms with Crippen LogP contribution >= 0.6 is 0 Å². The quantitative estimate of drug-likeness (QED) is 0.927. The van der Waals surface area contributed by atoms with Crippen LogP contribution in [0.4, 0.5) is 5.69 Å². The van der Waals surface area contributed by atoms with Gasteiger partial charge in [0.2, 0.25) is 12.7 Å². The van der Waals surface area contributed by atoms with Crippen LogP contribution in [-0.2, 0) is 4.79 Å². The van der Waals surface area contributed by atoms with E-state index in [-0.39, 0.29) is 18.7 Å². The van der Waals surface area contributed by atoms with Crippen molar-refractivity contribution in [2.75, 3.05) is 31.4 Å². The van der Waals surface area contributed by atoms with E-state index in [4.69, 9.17) is 14.2 Å². The maximum Gasteiger partial charge on any atom is 0.239 e. The number of nitrogens with zero attached hydrogens (tertiary/aromatic N) is 1. The van der Waals surface area contributed by atoms with Gasteiger partial charge >= 0.3 is 0 Å². The summed E-state index contributed by atoms with van der Waals surface area (Å²) >= 11 is 0. The molecule has 2 aliphatic rings. The monoisotopic (exact) mass is 340 g/mol. The molecule has 130 valence electrons. The molecule has 2 aliphatic heterocycles. The normalized spacial score (nSPS) is 16.0. The number of ether oxygens (including phenoxy) is 3. The van der Waals surface area contributed by atoms with Crippen LogP contribution in [0.25, 0.3) is 0 Å². The lowest BCUT2D eigenvalue weighted by atomic mass is 10.1. The number of benzene rings is 2. The van der Waals surface area contributed by atoms with Crippen molar-refractivity contribution in [2.45, 2.75) is 13.0 Å². The summed E-state index contributed by atoms with van der Waals surface area (Å²) in [6.45, 7) is 3.79. The van der Waals surface area contributed by atoms with Gasteiger partial charge in [0, 0.05) is 0 Å². The smallest absolute Gasteiger partial charge is 0.239 e. The highest BCUT2D eigenvalue weighted by Crippen LogP contribution is 2.34. The molecule has 0 bridgehead atoms. The third-order valence-corrected chi connectivity index (χ3v) is 4.43. The molecule has 6 heteroatoms. The highest BCUT2D eigenvalue weighted by atomic mass is 16.7. The first-order chi connectivity index (χ1) is 12.2. The topological polar surface area (TPSA) is 60.0 Å². The second kappa shape index (κ2) is 6.55. The number of carbonyl (C=O) groups is 1. The average Bonchev–Trinajstić information content (AvgIpc) is 3.09. The lowest BCUT2D eigenvalue weighted by Crippen LogP contribution is -2.41. The zero-order valence-corrected chi connectivity index (χ0v) is 14.0. The van der Waals surface area contributed by atoms with Crippen molar-refractivity contribution in [3.8, 4) is 17.2 Å². The van der Waals surface area contributed by atoms with Gasteiger partial charge in [-0.1, -0.05) is 18.2 Å². The van der Waals surface area contributed by atoms with E-state index in [0.29, 0.717) is 19.7 Å². The fourth-order valence-electron chi connectivity index (χ4n) is 3.12. The fraction of sp³-hybridized carbons (Fsp3) is 0.316. The minimum Gasteiger partial charge on any atom is -0.490 e. The maximum absolute atomic E-state index is 12.5. The van der Waals surface area contributed by atoms with Crippen LogP contribution < -0.4 is 24.4 Å². The number of rotatable bonds is 4. The molecule has 0 aromatic heterocycles. The predicted molar refractivity (Wildman–Crippen MR) is 93.3 cm³/mol. The number of carbonyl (C=O) groups excluding carboxylic acids is 1. The third-order valence-electron chi connectivity index (χ3n) is 4.43. The van der Waals surface area contributed by atoms with Crippen molar-refractivity contribution >= 4 is 11.6 Å². The number of nitrogens with one attached hydrogen (secondary N) is 1. The van der Waals surface area contributed by atoms with Gasteiger partial charge in [-0.05, 0) is 36.8 Å². The number of anilines is 1. The van der Waals surface area contributed by atoms with E-state index in [1.807, 2.05) is 54.3 Å². The molecular weight excluding hydrogens is 320 g/mol. The van der Waals surface area contributed by atoms with Gasteiger partial charge < -0.3 is 24.4 Å².